The number of aliphatic hydroxyl groups excluding tert-OH is 1. The highest BCUT2D eigenvalue weighted by molar-refractivity contribution is 5.94. The van der Waals surface area contributed by atoms with E-state index in [2.05, 4.69) is 10.2 Å². The van der Waals surface area contributed by atoms with E-state index in [0.29, 0.717) is 30.0 Å². The lowest BCUT2D eigenvalue weighted by molar-refractivity contribution is -0.142. The molecule has 0 fully saturated rings. The smallest absolute Gasteiger partial charge is 0.435 e. The maximum Gasteiger partial charge on any atom is 0.435 e. The minimum atomic E-state index is -4.55. The summed E-state index contributed by atoms with van der Waals surface area (Å²) < 4.78 is 44.2. The highest BCUT2D eigenvalue weighted by Crippen LogP contribution is 2.34. The van der Waals surface area contributed by atoms with E-state index < -0.39 is 11.9 Å². The lowest BCUT2D eigenvalue weighted by atomic mass is 10.0. The van der Waals surface area contributed by atoms with Crippen molar-refractivity contribution in [1.82, 2.24) is 15.1 Å². The van der Waals surface area contributed by atoms with Crippen LogP contribution < -0.4 is 4.74 Å². The van der Waals surface area contributed by atoms with Crippen LogP contribution in [-0.4, -0.2) is 45.9 Å². The van der Waals surface area contributed by atoms with Crippen molar-refractivity contribution in [3.05, 3.63) is 46.8 Å². The van der Waals surface area contributed by atoms with Crippen LogP contribution in [0.3, 0.4) is 0 Å². The number of alkyl halides is 3. The summed E-state index contributed by atoms with van der Waals surface area (Å²) in [5.41, 5.74) is -0.163. The van der Waals surface area contributed by atoms with Crippen LogP contribution in [-0.2, 0) is 19.1 Å². The van der Waals surface area contributed by atoms with Gasteiger partial charge in [0.2, 0.25) is 0 Å². The van der Waals surface area contributed by atoms with Crippen molar-refractivity contribution in [1.29, 1.82) is 0 Å². The molecule has 1 aliphatic heterocycles. The number of hydrogen-bond acceptors (Lipinski definition) is 4. The third-order valence-electron chi connectivity index (χ3n) is 3.95. The summed E-state index contributed by atoms with van der Waals surface area (Å²) in [6.45, 7) is 0.197. The molecule has 0 atom stereocenters. The summed E-state index contributed by atoms with van der Waals surface area (Å²) in [6.07, 6.45) is -4.26. The molecule has 134 valence electrons. The average molecular weight is 355 g/mol. The first kappa shape index (κ1) is 17.3. The van der Waals surface area contributed by atoms with Gasteiger partial charge < -0.3 is 14.7 Å². The predicted molar refractivity (Wildman–Crippen MR) is 81.1 cm³/mol. The Labute approximate surface area is 141 Å². The van der Waals surface area contributed by atoms with Crippen molar-refractivity contribution in [2.75, 3.05) is 19.8 Å². The first-order valence-electron chi connectivity index (χ1n) is 7.66. The number of rotatable bonds is 4. The van der Waals surface area contributed by atoms with Gasteiger partial charge in [0.15, 0.2) is 5.69 Å². The number of halogens is 3. The Morgan fingerprint density at radius 3 is 2.68 bits per heavy atom. The van der Waals surface area contributed by atoms with E-state index >= 15 is 0 Å². The van der Waals surface area contributed by atoms with E-state index in [4.69, 9.17) is 9.84 Å². The molecule has 0 saturated carbocycles. The second-order valence-electron chi connectivity index (χ2n) is 5.60. The van der Waals surface area contributed by atoms with Crippen LogP contribution in [0.5, 0.6) is 5.75 Å². The van der Waals surface area contributed by atoms with Gasteiger partial charge in [-0.1, -0.05) is 0 Å². The van der Waals surface area contributed by atoms with E-state index in [1.807, 2.05) is 0 Å². The third kappa shape index (κ3) is 3.60. The van der Waals surface area contributed by atoms with Crippen LogP contribution in [0.4, 0.5) is 13.2 Å². The number of aliphatic hydroxyl groups is 1. The quantitative estimate of drug-likeness (QED) is 0.879. The Bertz CT molecular complexity index is 756. The number of nitrogens with zero attached hydrogens (tertiary/aromatic N) is 2. The Morgan fingerprint density at radius 2 is 2.04 bits per heavy atom. The van der Waals surface area contributed by atoms with Crippen LogP contribution in [0.2, 0.25) is 0 Å². The van der Waals surface area contributed by atoms with E-state index in [0.717, 1.165) is 0 Å². The van der Waals surface area contributed by atoms with Gasteiger partial charge in [-0.15, -0.1) is 0 Å². The molecule has 2 aromatic rings. The molecule has 9 heteroatoms. The number of fused-ring (bicyclic) bond motifs is 1. The molecule has 2 N–H and O–H groups in total. The minimum Gasteiger partial charge on any atom is -0.491 e. The molecule has 1 aliphatic rings. The maximum atomic E-state index is 13.0. The molecule has 1 aromatic heterocycles. The topological polar surface area (TPSA) is 78.5 Å². The van der Waals surface area contributed by atoms with E-state index in [-0.39, 0.29) is 31.2 Å². The van der Waals surface area contributed by atoms with Crippen LogP contribution in [0.1, 0.15) is 27.3 Å². The number of benzene rings is 1. The standard InChI is InChI=1S/C16H16F3N3O3/c17-16(18,19)14-12-9-22(6-5-13(12)20-21-14)15(24)10-1-3-11(4-2-10)25-8-7-23/h1-4,23H,5-9H2,(H,20,21). The fourth-order valence-corrected chi connectivity index (χ4v) is 2.74. The van der Waals surface area contributed by atoms with Gasteiger partial charge in [0.25, 0.3) is 5.91 Å². The molecule has 3 rings (SSSR count). The Morgan fingerprint density at radius 1 is 1.32 bits per heavy atom. The second-order valence-corrected chi connectivity index (χ2v) is 5.60. The normalized spacial score (nSPS) is 14.3. The Hall–Kier alpha value is -2.55. The SMILES string of the molecule is O=C(c1ccc(OCCO)cc1)N1CCc2[nH]nc(C(F)(F)F)c2C1. The van der Waals surface area contributed by atoms with Gasteiger partial charge in [0.1, 0.15) is 12.4 Å². The number of H-pyrrole nitrogens is 1. The van der Waals surface area contributed by atoms with Gasteiger partial charge in [-0.3, -0.25) is 9.89 Å². The molecule has 2 heterocycles. The monoisotopic (exact) mass is 355 g/mol. The first-order valence-corrected chi connectivity index (χ1v) is 7.66. The average Bonchev–Trinajstić information content (AvgIpc) is 3.03. The van der Waals surface area contributed by atoms with Gasteiger partial charge in [0, 0.05) is 36.3 Å². The zero-order valence-electron chi connectivity index (χ0n) is 13.1. The summed E-state index contributed by atoms with van der Waals surface area (Å²) in [4.78, 5) is 13.9. The number of carbonyl (C=O) groups excluding carboxylic acids is 1. The van der Waals surface area contributed by atoms with Crippen LogP contribution in [0, 0.1) is 0 Å². The molecule has 0 unspecified atom stereocenters. The van der Waals surface area contributed by atoms with E-state index in [1.165, 1.54) is 4.90 Å². The molecule has 0 radical (unpaired) electrons. The molecule has 0 bridgehead atoms. The molecule has 0 saturated heterocycles. The summed E-state index contributed by atoms with van der Waals surface area (Å²) in [5, 5.41) is 14.5. The fourth-order valence-electron chi connectivity index (χ4n) is 2.74. The largest absolute Gasteiger partial charge is 0.491 e. The zero-order valence-corrected chi connectivity index (χ0v) is 13.1. The van der Waals surface area contributed by atoms with Gasteiger partial charge >= 0.3 is 6.18 Å². The van der Waals surface area contributed by atoms with Crippen molar-refractivity contribution in [2.24, 2.45) is 0 Å². The number of aromatic nitrogens is 2. The van der Waals surface area contributed by atoms with Crippen LogP contribution in [0.25, 0.3) is 0 Å². The number of carbonyl (C=O) groups is 1. The molecule has 0 aliphatic carbocycles. The lowest BCUT2D eigenvalue weighted by Crippen LogP contribution is -2.36. The zero-order chi connectivity index (χ0) is 18.0. The molecule has 6 nitrogen and oxygen atoms in total. The van der Waals surface area contributed by atoms with Crippen LogP contribution >= 0.6 is 0 Å². The van der Waals surface area contributed by atoms with Crippen LogP contribution in [0.15, 0.2) is 24.3 Å². The first-order chi connectivity index (χ1) is 11.9. The number of hydrogen-bond donors (Lipinski definition) is 2. The maximum absolute atomic E-state index is 13.0. The second kappa shape index (κ2) is 6.75. The van der Waals surface area contributed by atoms with Crippen molar-refractivity contribution in [2.45, 2.75) is 19.1 Å². The number of amides is 1. The number of nitrogens with one attached hydrogen (secondary N) is 1. The Kier molecular flexibility index (Phi) is 4.67. The van der Waals surface area contributed by atoms with Gasteiger partial charge in [-0.05, 0) is 24.3 Å². The fraction of sp³-hybridized carbons (Fsp3) is 0.375. The van der Waals surface area contributed by atoms with E-state index in [1.54, 1.807) is 24.3 Å². The minimum absolute atomic E-state index is 0.0231. The van der Waals surface area contributed by atoms with E-state index in [9.17, 15) is 18.0 Å². The highest BCUT2D eigenvalue weighted by Gasteiger charge is 2.39. The highest BCUT2D eigenvalue weighted by atomic mass is 19.4. The molecular formula is C16H16F3N3O3. The van der Waals surface area contributed by atoms with Crippen molar-refractivity contribution >= 4 is 5.91 Å². The number of aromatic amines is 1. The van der Waals surface area contributed by atoms with Crippen molar-refractivity contribution in [3.63, 3.8) is 0 Å². The summed E-state index contributed by atoms with van der Waals surface area (Å²) >= 11 is 0. The van der Waals surface area contributed by atoms with Gasteiger partial charge in [-0.25, -0.2) is 0 Å². The Balaban J connectivity index is 1.75. The molecular weight excluding hydrogens is 339 g/mol. The third-order valence-corrected chi connectivity index (χ3v) is 3.95. The predicted octanol–water partition coefficient (Wildman–Crippen LogP) is 2.00. The lowest BCUT2D eigenvalue weighted by Gasteiger charge is -2.27. The molecule has 1 aromatic carbocycles. The summed E-state index contributed by atoms with van der Waals surface area (Å²) in [7, 11) is 0. The molecule has 0 spiro atoms. The summed E-state index contributed by atoms with van der Waals surface area (Å²) in [6, 6.07) is 6.25. The number of ether oxygens (including phenoxy) is 1. The molecule has 1 amide bonds. The summed E-state index contributed by atoms with van der Waals surface area (Å²) in [5.74, 6) is 0.148. The van der Waals surface area contributed by atoms with Gasteiger partial charge in [-0.2, -0.15) is 18.3 Å². The van der Waals surface area contributed by atoms with Crippen molar-refractivity contribution in [3.8, 4) is 5.75 Å². The van der Waals surface area contributed by atoms with Crippen molar-refractivity contribution < 1.29 is 27.8 Å². The van der Waals surface area contributed by atoms with Gasteiger partial charge in [0.05, 0.1) is 6.61 Å². The molecule has 25 heavy (non-hydrogen) atoms.